The Morgan fingerprint density at radius 2 is 1.88 bits per heavy atom. The first-order valence-electron chi connectivity index (χ1n) is 7.71. The normalized spacial score (nSPS) is 10.7. The van der Waals surface area contributed by atoms with E-state index in [4.69, 9.17) is 33.8 Å². The molecule has 0 aliphatic rings. The van der Waals surface area contributed by atoms with Gasteiger partial charge in [-0.1, -0.05) is 41.0 Å². The van der Waals surface area contributed by atoms with Crippen molar-refractivity contribution in [2.45, 2.75) is 17.5 Å². The lowest BCUT2D eigenvalue weighted by molar-refractivity contribution is 0.415. The second-order valence-electron chi connectivity index (χ2n) is 5.39. The molecule has 3 aromatic rings. The van der Waals surface area contributed by atoms with Crippen LogP contribution in [0.4, 0.5) is 5.69 Å². The minimum atomic E-state index is 0.461. The summed E-state index contributed by atoms with van der Waals surface area (Å²) in [5.41, 5.74) is 1.98. The van der Waals surface area contributed by atoms with Gasteiger partial charge in [0.2, 0.25) is 5.16 Å². The number of anilines is 1. The Labute approximate surface area is 165 Å². The number of halogens is 2. The topological polar surface area (TPSA) is 78.0 Å². The molecule has 0 spiro atoms. The molecule has 0 aliphatic carbocycles. The largest absolute Gasteiger partial charge is 0.497 e. The molecule has 26 heavy (non-hydrogen) atoms. The summed E-state index contributed by atoms with van der Waals surface area (Å²) in [5, 5.41) is 13.2. The fourth-order valence-electron chi connectivity index (χ4n) is 2.19. The van der Waals surface area contributed by atoms with Gasteiger partial charge in [-0.05, 0) is 42.0 Å². The number of nitrogens with two attached hydrogens (primary N) is 1. The van der Waals surface area contributed by atoms with Crippen LogP contribution >= 0.6 is 35.0 Å². The third kappa shape index (κ3) is 4.55. The zero-order chi connectivity index (χ0) is 18.5. The highest BCUT2D eigenvalue weighted by molar-refractivity contribution is 7.98. The Bertz CT molecular complexity index is 885. The number of ether oxygens (including phenoxy) is 1. The highest BCUT2D eigenvalue weighted by Crippen LogP contribution is 2.26. The summed E-state index contributed by atoms with van der Waals surface area (Å²) in [6.45, 7) is 0.461. The number of benzene rings is 2. The molecule has 0 aliphatic heterocycles. The van der Waals surface area contributed by atoms with Gasteiger partial charge in [0.05, 0.1) is 23.7 Å². The Kier molecular flexibility index (Phi) is 6.13. The number of nitrogen functional groups attached to an aromatic ring is 1. The van der Waals surface area contributed by atoms with E-state index in [2.05, 4.69) is 15.5 Å². The fourth-order valence-corrected chi connectivity index (χ4v) is 3.33. The lowest BCUT2D eigenvalue weighted by Gasteiger charge is -2.07. The van der Waals surface area contributed by atoms with Gasteiger partial charge in [-0.25, -0.2) is 4.68 Å². The molecule has 6 nitrogen and oxygen atoms in total. The predicted molar refractivity (Wildman–Crippen MR) is 107 cm³/mol. The quantitative estimate of drug-likeness (QED) is 0.449. The molecular formula is C17H17Cl2N5OS. The molecular weight excluding hydrogens is 393 g/mol. The van der Waals surface area contributed by atoms with Crippen LogP contribution in [0.1, 0.15) is 11.4 Å². The van der Waals surface area contributed by atoms with E-state index in [1.54, 1.807) is 13.2 Å². The van der Waals surface area contributed by atoms with Crippen LogP contribution in [-0.2, 0) is 12.3 Å². The number of hydrogen-bond donors (Lipinski definition) is 2. The van der Waals surface area contributed by atoms with Gasteiger partial charge in [0.1, 0.15) is 5.75 Å². The SMILES string of the molecule is COc1ccc(NCc2nnc(SCc3ccc(Cl)c(Cl)c3)n2N)cc1. The zero-order valence-corrected chi connectivity index (χ0v) is 16.3. The summed E-state index contributed by atoms with van der Waals surface area (Å²) in [7, 11) is 1.64. The maximum atomic E-state index is 6.09. The van der Waals surface area contributed by atoms with Crippen LogP contribution in [0.3, 0.4) is 0 Å². The lowest BCUT2D eigenvalue weighted by Crippen LogP contribution is -2.16. The molecule has 0 amide bonds. The van der Waals surface area contributed by atoms with Crippen molar-refractivity contribution >= 4 is 40.7 Å². The summed E-state index contributed by atoms with van der Waals surface area (Å²) in [5.74, 6) is 8.20. The minimum Gasteiger partial charge on any atom is -0.497 e. The van der Waals surface area contributed by atoms with Crippen molar-refractivity contribution in [1.29, 1.82) is 0 Å². The first-order chi connectivity index (χ1) is 12.6. The van der Waals surface area contributed by atoms with Crippen LogP contribution in [0.25, 0.3) is 0 Å². The average Bonchev–Trinajstić information content (AvgIpc) is 3.01. The first-order valence-corrected chi connectivity index (χ1v) is 9.45. The molecule has 1 heterocycles. The van der Waals surface area contributed by atoms with E-state index in [0.29, 0.717) is 33.3 Å². The summed E-state index contributed by atoms with van der Waals surface area (Å²) in [6.07, 6.45) is 0. The van der Waals surface area contributed by atoms with Crippen LogP contribution in [0, 0.1) is 0 Å². The monoisotopic (exact) mass is 409 g/mol. The summed E-state index contributed by atoms with van der Waals surface area (Å²) in [4.78, 5) is 0. The number of thioether (sulfide) groups is 1. The third-order valence-electron chi connectivity index (χ3n) is 3.63. The van der Waals surface area contributed by atoms with E-state index in [1.165, 1.54) is 16.4 Å². The molecule has 2 aromatic carbocycles. The van der Waals surface area contributed by atoms with Crippen LogP contribution < -0.4 is 15.9 Å². The number of rotatable bonds is 7. The molecule has 0 atom stereocenters. The number of nitrogens with one attached hydrogen (secondary N) is 1. The van der Waals surface area contributed by atoms with Gasteiger partial charge < -0.3 is 15.9 Å². The molecule has 9 heteroatoms. The van der Waals surface area contributed by atoms with E-state index < -0.39 is 0 Å². The molecule has 0 saturated carbocycles. The summed E-state index contributed by atoms with van der Waals surface area (Å²) < 4.78 is 6.62. The summed E-state index contributed by atoms with van der Waals surface area (Å²) >= 11 is 13.4. The van der Waals surface area contributed by atoms with E-state index in [0.717, 1.165) is 17.0 Å². The molecule has 0 fully saturated rings. The van der Waals surface area contributed by atoms with Crippen molar-refractivity contribution in [3.05, 3.63) is 63.9 Å². The van der Waals surface area contributed by atoms with Crippen LogP contribution in [0.5, 0.6) is 5.75 Å². The minimum absolute atomic E-state index is 0.461. The number of methoxy groups -OCH3 is 1. The second kappa shape index (κ2) is 8.53. The van der Waals surface area contributed by atoms with E-state index in [1.807, 2.05) is 36.4 Å². The van der Waals surface area contributed by atoms with Crippen LogP contribution in [0.15, 0.2) is 47.6 Å². The average molecular weight is 410 g/mol. The number of hydrogen-bond acceptors (Lipinski definition) is 6. The molecule has 136 valence electrons. The van der Waals surface area contributed by atoms with Gasteiger partial charge in [-0.3, -0.25) is 0 Å². The number of aromatic nitrogens is 3. The van der Waals surface area contributed by atoms with Gasteiger partial charge in [0, 0.05) is 11.4 Å². The van der Waals surface area contributed by atoms with Crippen molar-refractivity contribution in [2.24, 2.45) is 0 Å². The van der Waals surface area contributed by atoms with Crippen molar-refractivity contribution in [1.82, 2.24) is 14.9 Å². The lowest BCUT2D eigenvalue weighted by atomic mass is 10.2. The fraction of sp³-hybridized carbons (Fsp3) is 0.176. The molecule has 3 N–H and O–H groups in total. The third-order valence-corrected chi connectivity index (χ3v) is 5.38. The Balaban J connectivity index is 1.59. The Morgan fingerprint density at radius 3 is 2.58 bits per heavy atom. The van der Waals surface area contributed by atoms with E-state index in [9.17, 15) is 0 Å². The Morgan fingerprint density at radius 1 is 1.12 bits per heavy atom. The molecule has 0 radical (unpaired) electrons. The molecule has 0 unspecified atom stereocenters. The first kappa shape index (κ1) is 18.7. The molecule has 1 aromatic heterocycles. The zero-order valence-electron chi connectivity index (χ0n) is 13.9. The van der Waals surface area contributed by atoms with E-state index in [-0.39, 0.29) is 0 Å². The van der Waals surface area contributed by atoms with Gasteiger partial charge >= 0.3 is 0 Å². The highest BCUT2D eigenvalue weighted by atomic mass is 35.5. The maximum Gasteiger partial charge on any atom is 0.210 e. The van der Waals surface area contributed by atoms with Crippen molar-refractivity contribution in [3.63, 3.8) is 0 Å². The standard InChI is InChI=1S/C17H17Cl2N5OS/c1-25-13-5-3-12(4-6-13)21-9-16-22-23-17(24(16)20)26-10-11-2-7-14(18)15(19)8-11/h2-8,21H,9-10,20H2,1H3. The number of nitrogens with zero attached hydrogens (tertiary/aromatic N) is 3. The molecule has 0 saturated heterocycles. The van der Waals surface area contributed by atoms with Crippen LogP contribution in [0.2, 0.25) is 10.0 Å². The second-order valence-corrected chi connectivity index (χ2v) is 7.14. The highest BCUT2D eigenvalue weighted by Gasteiger charge is 2.11. The molecule has 0 bridgehead atoms. The van der Waals surface area contributed by atoms with Crippen LogP contribution in [-0.4, -0.2) is 22.0 Å². The van der Waals surface area contributed by atoms with Gasteiger partial charge in [-0.15, -0.1) is 10.2 Å². The van der Waals surface area contributed by atoms with Gasteiger partial charge in [-0.2, -0.15) is 0 Å². The van der Waals surface area contributed by atoms with Crippen molar-refractivity contribution in [3.8, 4) is 5.75 Å². The molecule has 3 rings (SSSR count). The van der Waals surface area contributed by atoms with Crippen molar-refractivity contribution < 1.29 is 4.74 Å². The van der Waals surface area contributed by atoms with E-state index >= 15 is 0 Å². The summed E-state index contributed by atoms with van der Waals surface area (Å²) in [6, 6.07) is 13.1. The van der Waals surface area contributed by atoms with Gasteiger partial charge in [0.15, 0.2) is 5.82 Å². The van der Waals surface area contributed by atoms with Gasteiger partial charge in [0.25, 0.3) is 0 Å². The van der Waals surface area contributed by atoms with Crippen molar-refractivity contribution in [2.75, 3.05) is 18.3 Å². The smallest absolute Gasteiger partial charge is 0.210 e. The predicted octanol–water partition coefficient (Wildman–Crippen LogP) is 4.21. The Hall–Kier alpha value is -2.09. The maximum absolute atomic E-state index is 6.09.